The molecular weight excluding hydrogens is 234 g/mol. The Bertz CT molecular complexity index is 467. The third-order valence-corrected chi connectivity index (χ3v) is 3.55. The molecule has 0 aliphatic rings. The molecule has 0 spiro atoms. The molecule has 0 fully saturated rings. The van der Waals surface area contributed by atoms with Crippen molar-refractivity contribution in [2.24, 2.45) is 0 Å². The van der Waals surface area contributed by atoms with E-state index in [4.69, 9.17) is 6.57 Å². The van der Waals surface area contributed by atoms with Crippen LogP contribution in [-0.4, -0.2) is 0 Å². The molecule has 0 radical (unpaired) electrons. The molecule has 1 nitrogen and oxygen atoms in total. The smallest absolute Gasteiger partial charge is 0.188 e. The van der Waals surface area contributed by atoms with E-state index in [1.165, 1.54) is 5.39 Å². The van der Waals surface area contributed by atoms with Crippen LogP contribution in [0.25, 0.3) is 14.9 Å². The van der Waals surface area contributed by atoms with Crippen molar-refractivity contribution in [2.45, 2.75) is 0 Å². The van der Waals surface area contributed by atoms with Gasteiger partial charge in [0.2, 0.25) is 0 Å². The lowest BCUT2D eigenvalue weighted by atomic mass is 10.2. The number of nitrogens with zero attached hydrogens (tertiary/aromatic N) is 1. The zero-order valence-electron chi connectivity index (χ0n) is 6.04. The molecular formula is C9H4BrNS. The van der Waals surface area contributed by atoms with E-state index in [-0.39, 0.29) is 0 Å². The van der Waals surface area contributed by atoms with E-state index in [9.17, 15) is 0 Å². The van der Waals surface area contributed by atoms with Gasteiger partial charge in [0.25, 0.3) is 0 Å². The zero-order valence-corrected chi connectivity index (χ0v) is 8.45. The summed E-state index contributed by atoms with van der Waals surface area (Å²) in [6.07, 6.45) is 0. The first-order valence-electron chi connectivity index (χ1n) is 3.35. The van der Waals surface area contributed by atoms with E-state index in [0.29, 0.717) is 5.69 Å². The highest BCUT2D eigenvalue weighted by atomic mass is 79.9. The second kappa shape index (κ2) is 2.89. The van der Waals surface area contributed by atoms with Crippen molar-refractivity contribution < 1.29 is 0 Å². The van der Waals surface area contributed by atoms with E-state index in [2.05, 4.69) is 20.8 Å². The average Bonchev–Trinajstić information content (AvgIpc) is 2.47. The van der Waals surface area contributed by atoms with Gasteiger partial charge < -0.3 is 0 Å². The topological polar surface area (TPSA) is 4.36 Å². The molecule has 2 rings (SSSR count). The lowest BCUT2D eigenvalue weighted by Crippen LogP contribution is -1.62. The van der Waals surface area contributed by atoms with Crippen molar-refractivity contribution in [2.75, 3.05) is 0 Å². The van der Waals surface area contributed by atoms with Crippen molar-refractivity contribution in [3.05, 3.63) is 39.5 Å². The standard InChI is InChI=1S/C9H4BrNS/c1-11-6-2-3-7-8(10)5-12-9(7)4-6/h2-5H. The second-order valence-corrected chi connectivity index (χ2v) is 4.14. The van der Waals surface area contributed by atoms with Crippen LogP contribution in [0.1, 0.15) is 0 Å². The summed E-state index contributed by atoms with van der Waals surface area (Å²) in [5.74, 6) is 0. The van der Waals surface area contributed by atoms with Gasteiger partial charge in [-0.3, -0.25) is 0 Å². The maximum atomic E-state index is 6.84. The molecule has 2 aromatic rings. The van der Waals surface area contributed by atoms with Gasteiger partial charge in [-0.15, -0.1) is 11.3 Å². The minimum Gasteiger partial charge on any atom is -0.238 e. The molecule has 0 saturated carbocycles. The first-order valence-corrected chi connectivity index (χ1v) is 5.03. The highest BCUT2D eigenvalue weighted by molar-refractivity contribution is 9.10. The van der Waals surface area contributed by atoms with Gasteiger partial charge in [-0.2, -0.15) is 0 Å². The Morgan fingerprint density at radius 2 is 2.25 bits per heavy atom. The highest BCUT2D eigenvalue weighted by Crippen LogP contribution is 2.32. The quantitative estimate of drug-likeness (QED) is 0.605. The van der Waals surface area contributed by atoms with Gasteiger partial charge in [0.05, 0.1) is 6.57 Å². The van der Waals surface area contributed by atoms with Crippen LogP contribution >= 0.6 is 27.3 Å². The van der Waals surface area contributed by atoms with Crippen LogP contribution in [-0.2, 0) is 0 Å². The summed E-state index contributed by atoms with van der Waals surface area (Å²) >= 11 is 5.10. The first-order chi connectivity index (χ1) is 5.81. The maximum Gasteiger partial charge on any atom is 0.188 e. The molecule has 0 amide bonds. The molecule has 0 bridgehead atoms. The van der Waals surface area contributed by atoms with Crippen LogP contribution < -0.4 is 0 Å². The van der Waals surface area contributed by atoms with Crippen LogP contribution in [0.15, 0.2) is 28.1 Å². The molecule has 3 heteroatoms. The van der Waals surface area contributed by atoms with Crippen molar-refractivity contribution in [3.63, 3.8) is 0 Å². The number of benzene rings is 1. The predicted molar refractivity (Wildman–Crippen MR) is 55.8 cm³/mol. The van der Waals surface area contributed by atoms with Crippen LogP contribution in [0.4, 0.5) is 5.69 Å². The Morgan fingerprint density at radius 1 is 1.42 bits per heavy atom. The molecule has 0 atom stereocenters. The van der Waals surface area contributed by atoms with Crippen LogP contribution in [0.5, 0.6) is 0 Å². The van der Waals surface area contributed by atoms with Crippen LogP contribution in [0.2, 0.25) is 0 Å². The summed E-state index contributed by atoms with van der Waals surface area (Å²) in [6, 6.07) is 5.73. The van der Waals surface area contributed by atoms with E-state index < -0.39 is 0 Å². The number of halogens is 1. The van der Waals surface area contributed by atoms with Crippen molar-refractivity contribution >= 4 is 43.0 Å². The molecule has 0 saturated heterocycles. The van der Waals surface area contributed by atoms with Gasteiger partial charge in [0.15, 0.2) is 5.69 Å². The second-order valence-electron chi connectivity index (χ2n) is 2.38. The number of rotatable bonds is 0. The van der Waals surface area contributed by atoms with Crippen molar-refractivity contribution in [3.8, 4) is 0 Å². The molecule has 0 unspecified atom stereocenters. The Hall–Kier alpha value is -0.850. The van der Waals surface area contributed by atoms with Crippen molar-refractivity contribution in [1.29, 1.82) is 0 Å². The fourth-order valence-corrected chi connectivity index (χ4v) is 2.66. The molecule has 1 aromatic carbocycles. The summed E-state index contributed by atoms with van der Waals surface area (Å²) in [6.45, 7) is 6.84. The molecule has 0 aliphatic carbocycles. The summed E-state index contributed by atoms with van der Waals surface area (Å²) in [5, 5.41) is 3.23. The van der Waals surface area contributed by atoms with Gasteiger partial charge in [-0.05, 0) is 22.0 Å². The monoisotopic (exact) mass is 237 g/mol. The van der Waals surface area contributed by atoms with Gasteiger partial charge >= 0.3 is 0 Å². The largest absolute Gasteiger partial charge is 0.238 e. The van der Waals surface area contributed by atoms with Gasteiger partial charge in [-0.25, -0.2) is 4.85 Å². The fraction of sp³-hybridized carbons (Fsp3) is 0. The van der Waals surface area contributed by atoms with Gasteiger partial charge in [0.1, 0.15) is 0 Å². The summed E-state index contributed by atoms with van der Waals surface area (Å²) < 4.78 is 2.27. The van der Waals surface area contributed by atoms with Gasteiger partial charge in [-0.1, -0.05) is 12.1 Å². The maximum absolute atomic E-state index is 6.84. The fourth-order valence-electron chi connectivity index (χ4n) is 1.05. The number of thiophene rings is 1. The molecule has 0 aliphatic heterocycles. The highest BCUT2D eigenvalue weighted by Gasteiger charge is 2.00. The minimum atomic E-state index is 0.705. The third kappa shape index (κ3) is 1.13. The molecule has 1 aromatic heterocycles. The minimum absolute atomic E-state index is 0.705. The third-order valence-electron chi connectivity index (χ3n) is 1.64. The van der Waals surface area contributed by atoms with Crippen molar-refractivity contribution in [1.82, 2.24) is 0 Å². The number of hydrogen-bond acceptors (Lipinski definition) is 1. The molecule has 0 N–H and O–H groups in total. The SMILES string of the molecule is [C-]#[N+]c1ccc2c(Br)csc2c1. The zero-order chi connectivity index (χ0) is 8.55. The van der Waals surface area contributed by atoms with Gasteiger partial charge in [0, 0.05) is 19.9 Å². The Balaban J connectivity index is 2.80. The van der Waals surface area contributed by atoms with E-state index >= 15 is 0 Å². The Labute approximate surface area is 82.6 Å². The normalized spacial score (nSPS) is 10.0. The van der Waals surface area contributed by atoms with Crippen LogP contribution in [0, 0.1) is 6.57 Å². The summed E-state index contributed by atoms with van der Waals surface area (Å²) in [7, 11) is 0. The Kier molecular flexibility index (Phi) is 1.87. The molecule has 58 valence electrons. The number of fused-ring (bicyclic) bond motifs is 1. The Morgan fingerprint density at radius 3 is 3.00 bits per heavy atom. The summed E-state index contributed by atoms with van der Waals surface area (Å²) in [5.41, 5.74) is 0.705. The first kappa shape index (κ1) is 7.78. The van der Waals surface area contributed by atoms with E-state index in [1.807, 2.05) is 23.6 Å². The number of hydrogen-bond donors (Lipinski definition) is 0. The molecule has 12 heavy (non-hydrogen) atoms. The lowest BCUT2D eigenvalue weighted by Gasteiger charge is -1.90. The average molecular weight is 238 g/mol. The summed E-state index contributed by atoms with van der Waals surface area (Å²) in [4.78, 5) is 3.37. The van der Waals surface area contributed by atoms with E-state index in [1.54, 1.807) is 11.3 Å². The predicted octanol–water partition coefficient (Wildman–Crippen LogP) is 4.21. The molecule has 1 heterocycles. The van der Waals surface area contributed by atoms with E-state index in [0.717, 1.165) is 9.17 Å². The van der Waals surface area contributed by atoms with Crippen LogP contribution in [0.3, 0.4) is 0 Å². The lowest BCUT2D eigenvalue weighted by molar-refractivity contribution is 1.82.